The maximum Gasteiger partial charge on any atom is 0.151 e. The van der Waals surface area contributed by atoms with Crippen LogP contribution >= 0.6 is 0 Å². The number of nitrogens with zero attached hydrogens (tertiary/aromatic N) is 4. The quantitative estimate of drug-likeness (QED) is 0.730. The second kappa shape index (κ2) is 7.90. The predicted octanol–water partition coefficient (Wildman–Crippen LogP) is 3.08. The minimum absolute atomic E-state index is 0.00637. The van der Waals surface area contributed by atoms with Crippen molar-refractivity contribution in [2.75, 3.05) is 31.2 Å². The second-order valence-electron chi connectivity index (χ2n) is 7.89. The number of aromatic nitrogens is 3. The lowest BCUT2D eigenvalue weighted by Crippen LogP contribution is -2.65. The molecule has 27 heavy (non-hydrogen) atoms. The molecule has 0 saturated carbocycles. The molecule has 4 rings (SSSR count). The Morgan fingerprint density at radius 3 is 2.81 bits per heavy atom. The Balaban J connectivity index is 1.21. The molecule has 2 aromatic rings. The number of pyridine rings is 1. The topological polar surface area (TPSA) is 60.4 Å². The smallest absolute Gasteiger partial charge is 0.151 e. The van der Waals surface area contributed by atoms with Crippen molar-refractivity contribution in [3.63, 3.8) is 0 Å². The van der Waals surface area contributed by atoms with Gasteiger partial charge in [0.05, 0.1) is 31.1 Å². The van der Waals surface area contributed by atoms with Gasteiger partial charge in [-0.1, -0.05) is 6.07 Å². The van der Waals surface area contributed by atoms with Gasteiger partial charge in [0.1, 0.15) is 5.60 Å². The minimum Gasteiger partial charge on any atom is -0.375 e. The monoisotopic (exact) mass is 368 g/mol. The lowest BCUT2D eigenvalue weighted by Gasteiger charge is -2.53. The highest BCUT2D eigenvalue weighted by molar-refractivity contribution is 5.43. The van der Waals surface area contributed by atoms with Crippen LogP contribution in [0.3, 0.4) is 0 Å². The van der Waals surface area contributed by atoms with E-state index in [0.717, 1.165) is 68.5 Å². The molecule has 0 aromatic carbocycles. The van der Waals surface area contributed by atoms with Crippen LogP contribution in [0.5, 0.6) is 0 Å². The van der Waals surface area contributed by atoms with Crippen molar-refractivity contribution < 1.29 is 9.47 Å². The standard InChI is InChI=1S/C21H28N4O2/c1-16-4-3-5-19(22-16)13-26-10-8-18-9-11-27-21(12-18)14-25(15-21)20-7-6-17(2)23-24-20/h3-7,18H,8-15H2,1-2H3/t18-/m0/s1. The third-order valence-corrected chi connectivity index (χ3v) is 5.53. The number of ether oxygens (including phenoxy) is 2. The highest BCUT2D eigenvalue weighted by Crippen LogP contribution is 2.39. The number of aryl methyl sites for hydroxylation is 2. The first kappa shape index (κ1) is 18.3. The molecule has 0 N–H and O–H groups in total. The molecule has 144 valence electrons. The van der Waals surface area contributed by atoms with Gasteiger partial charge in [0.15, 0.2) is 5.82 Å². The molecule has 6 nitrogen and oxygen atoms in total. The third kappa shape index (κ3) is 4.45. The van der Waals surface area contributed by atoms with Crippen LogP contribution in [-0.4, -0.2) is 47.1 Å². The van der Waals surface area contributed by atoms with Crippen LogP contribution in [0.1, 0.15) is 36.3 Å². The van der Waals surface area contributed by atoms with E-state index in [4.69, 9.17) is 9.47 Å². The van der Waals surface area contributed by atoms with Gasteiger partial charge in [0.25, 0.3) is 0 Å². The minimum atomic E-state index is -0.00637. The van der Waals surface area contributed by atoms with E-state index in [0.29, 0.717) is 12.5 Å². The van der Waals surface area contributed by atoms with Crippen molar-refractivity contribution in [3.05, 3.63) is 47.4 Å². The van der Waals surface area contributed by atoms with Crippen molar-refractivity contribution >= 4 is 5.82 Å². The maximum absolute atomic E-state index is 6.16. The maximum atomic E-state index is 6.16. The normalized spacial score (nSPS) is 21.3. The SMILES string of the molecule is Cc1ccc(N2CC3(C[C@@H](CCOCc4cccc(C)n4)CCO3)C2)nn1. The summed E-state index contributed by atoms with van der Waals surface area (Å²) < 4.78 is 12.0. The predicted molar refractivity (Wildman–Crippen MR) is 104 cm³/mol. The molecule has 2 aliphatic heterocycles. The van der Waals surface area contributed by atoms with Crippen molar-refractivity contribution in [3.8, 4) is 0 Å². The number of hydrogen-bond donors (Lipinski definition) is 0. The molecule has 1 atom stereocenters. The third-order valence-electron chi connectivity index (χ3n) is 5.53. The molecule has 0 aliphatic carbocycles. The lowest BCUT2D eigenvalue weighted by atomic mass is 9.79. The highest BCUT2D eigenvalue weighted by Gasteiger charge is 2.47. The van der Waals surface area contributed by atoms with Crippen molar-refractivity contribution in [2.45, 2.75) is 45.3 Å². The van der Waals surface area contributed by atoms with Gasteiger partial charge in [-0.15, -0.1) is 5.10 Å². The highest BCUT2D eigenvalue weighted by atomic mass is 16.5. The van der Waals surface area contributed by atoms with Crippen LogP contribution in [0.4, 0.5) is 5.82 Å². The zero-order chi connectivity index (χ0) is 18.7. The van der Waals surface area contributed by atoms with Gasteiger partial charge >= 0.3 is 0 Å². The van der Waals surface area contributed by atoms with Crippen LogP contribution in [0.25, 0.3) is 0 Å². The van der Waals surface area contributed by atoms with Crippen LogP contribution < -0.4 is 4.90 Å². The molecule has 2 aromatic heterocycles. The van der Waals surface area contributed by atoms with E-state index in [1.54, 1.807) is 0 Å². The molecule has 0 radical (unpaired) electrons. The van der Waals surface area contributed by atoms with Crippen molar-refractivity contribution in [1.29, 1.82) is 0 Å². The Morgan fingerprint density at radius 2 is 2.04 bits per heavy atom. The fraction of sp³-hybridized carbons (Fsp3) is 0.571. The largest absolute Gasteiger partial charge is 0.375 e. The summed E-state index contributed by atoms with van der Waals surface area (Å²) in [4.78, 5) is 6.74. The van der Waals surface area contributed by atoms with Crippen molar-refractivity contribution in [1.82, 2.24) is 15.2 Å². The zero-order valence-electron chi connectivity index (χ0n) is 16.2. The van der Waals surface area contributed by atoms with Crippen LogP contribution in [0, 0.1) is 19.8 Å². The summed E-state index contributed by atoms with van der Waals surface area (Å²) in [5.41, 5.74) is 2.99. The first-order valence-electron chi connectivity index (χ1n) is 9.81. The van der Waals surface area contributed by atoms with E-state index in [9.17, 15) is 0 Å². The molecule has 0 unspecified atom stereocenters. The van der Waals surface area contributed by atoms with Gasteiger partial charge in [-0.2, -0.15) is 5.10 Å². The molecule has 4 heterocycles. The van der Waals surface area contributed by atoms with E-state index < -0.39 is 0 Å². The van der Waals surface area contributed by atoms with Crippen LogP contribution in [0.2, 0.25) is 0 Å². The number of hydrogen-bond acceptors (Lipinski definition) is 6. The summed E-state index contributed by atoms with van der Waals surface area (Å²) in [5.74, 6) is 1.61. The van der Waals surface area contributed by atoms with E-state index in [1.165, 1.54) is 0 Å². The Bertz CT molecular complexity index is 759. The van der Waals surface area contributed by atoms with E-state index in [2.05, 4.69) is 20.1 Å². The summed E-state index contributed by atoms with van der Waals surface area (Å²) in [7, 11) is 0. The van der Waals surface area contributed by atoms with Crippen LogP contribution in [-0.2, 0) is 16.1 Å². The zero-order valence-corrected chi connectivity index (χ0v) is 16.2. The number of rotatable bonds is 6. The van der Waals surface area contributed by atoms with Crippen molar-refractivity contribution in [2.24, 2.45) is 5.92 Å². The molecule has 0 amide bonds. The Hall–Kier alpha value is -2.05. The van der Waals surface area contributed by atoms with E-state index >= 15 is 0 Å². The van der Waals surface area contributed by atoms with Crippen LogP contribution in [0.15, 0.2) is 30.3 Å². The lowest BCUT2D eigenvalue weighted by molar-refractivity contribution is -0.116. The van der Waals surface area contributed by atoms with E-state index in [1.807, 2.05) is 44.2 Å². The van der Waals surface area contributed by atoms with Gasteiger partial charge in [-0.3, -0.25) is 4.98 Å². The summed E-state index contributed by atoms with van der Waals surface area (Å²) in [6, 6.07) is 10.1. The summed E-state index contributed by atoms with van der Waals surface area (Å²) in [6.45, 7) is 8.01. The molecule has 2 fully saturated rings. The molecular weight excluding hydrogens is 340 g/mol. The molecule has 2 aliphatic rings. The average Bonchev–Trinajstić information content (AvgIpc) is 2.64. The van der Waals surface area contributed by atoms with Gasteiger partial charge < -0.3 is 14.4 Å². The summed E-state index contributed by atoms with van der Waals surface area (Å²) in [6.07, 6.45) is 3.31. The molecule has 6 heteroatoms. The van der Waals surface area contributed by atoms with Gasteiger partial charge in [-0.25, -0.2) is 0 Å². The number of anilines is 1. The Morgan fingerprint density at radius 1 is 1.15 bits per heavy atom. The first-order chi connectivity index (χ1) is 13.1. The first-order valence-corrected chi connectivity index (χ1v) is 9.81. The van der Waals surface area contributed by atoms with Gasteiger partial charge in [0, 0.05) is 18.9 Å². The summed E-state index contributed by atoms with van der Waals surface area (Å²) >= 11 is 0. The van der Waals surface area contributed by atoms with Gasteiger partial charge in [0.2, 0.25) is 0 Å². The fourth-order valence-electron chi connectivity index (χ4n) is 4.07. The molecular formula is C21H28N4O2. The molecule has 2 saturated heterocycles. The van der Waals surface area contributed by atoms with E-state index in [-0.39, 0.29) is 5.60 Å². The van der Waals surface area contributed by atoms with Gasteiger partial charge in [-0.05, 0) is 63.3 Å². The fourth-order valence-corrected chi connectivity index (χ4v) is 4.07. The Kier molecular flexibility index (Phi) is 5.36. The molecule has 0 bridgehead atoms. The average molecular weight is 368 g/mol. The summed E-state index contributed by atoms with van der Waals surface area (Å²) in [5, 5.41) is 8.44. The molecule has 1 spiro atoms. The Labute approximate surface area is 160 Å². The second-order valence-corrected chi connectivity index (χ2v) is 7.89.